The number of amides is 2. The van der Waals surface area contributed by atoms with Gasteiger partial charge in [-0.1, -0.05) is 24.3 Å². The molecule has 0 radical (unpaired) electrons. The number of halogens is 1. The summed E-state index contributed by atoms with van der Waals surface area (Å²) in [5.74, 6) is -0.240. The summed E-state index contributed by atoms with van der Waals surface area (Å²) in [6, 6.07) is 22.2. The van der Waals surface area contributed by atoms with Crippen LogP contribution in [0.3, 0.4) is 0 Å². The number of para-hydroxylation sites is 1. The van der Waals surface area contributed by atoms with Crippen LogP contribution in [0.1, 0.15) is 33.2 Å². The Morgan fingerprint density at radius 1 is 0.929 bits per heavy atom. The van der Waals surface area contributed by atoms with Gasteiger partial charge in [-0.25, -0.2) is 0 Å². The van der Waals surface area contributed by atoms with E-state index in [1.165, 1.54) is 0 Å². The molecule has 4 nitrogen and oxygen atoms in total. The lowest BCUT2D eigenvalue weighted by molar-refractivity contribution is 0.0987. The number of benzene rings is 3. The van der Waals surface area contributed by atoms with Gasteiger partial charge < -0.3 is 10.2 Å². The molecule has 0 aliphatic rings. The Hall–Kier alpha value is -2.67. The maximum atomic E-state index is 12.8. The van der Waals surface area contributed by atoms with Gasteiger partial charge in [-0.15, -0.1) is 0 Å². The molecular weight excluding hydrogens is 463 g/mol. The molecule has 5 heteroatoms. The minimum Gasteiger partial charge on any atom is -0.322 e. The summed E-state index contributed by atoms with van der Waals surface area (Å²) in [5, 5.41) is 2.88. The molecule has 0 bridgehead atoms. The Kier molecular flexibility index (Phi) is 6.46. The zero-order valence-corrected chi connectivity index (χ0v) is 17.9. The summed E-state index contributed by atoms with van der Waals surface area (Å²) in [7, 11) is 0. The Morgan fingerprint density at radius 2 is 1.57 bits per heavy atom. The van der Waals surface area contributed by atoms with Crippen molar-refractivity contribution in [2.75, 3.05) is 16.8 Å². The summed E-state index contributed by atoms with van der Waals surface area (Å²) in [6.45, 7) is 4.53. The van der Waals surface area contributed by atoms with Crippen molar-refractivity contribution in [2.24, 2.45) is 0 Å². The first-order valence-corrected chi connectivity index (χ1v) is 10.1. The Morgan fingerprint density at radius 3 is 2.18 bits per heavy atom. The lowest BCUT2D eigenvalue weighted by atomic mass is 10.1. The van der Waals surface area contributed by atoms with Gasteiger partial charge in [0.15, 0.2) is 0 Å². The molecule has 0 unspecified atom stereocenters. The topological polar surface area (TPSA) is 49.4 Å². The molecule has 3 aromatic rings. The lowest BCUT2D eigenvalue weighted by Crippen LogP contribution is -2.30. The van der Waals surface area contributed by atoms with E-state index in [1.807, 2.05) is 62.4 Å². The van der Waals surface area contributed by atoms with Gasteiger partial charge >= 0.3 is 0 Å². The van der Waals surface area contributed by atoms with Crippen molar-refractivity contribution >= 4 is 45.8 Å². The maximum Gasteiger partial charge on any atom is 0.258 e. The van der Waals surface area contributed by atoms with Crippen LogP contribution >= 0.6 is 22.6 Å². The van der Waals surface area contributed by atoms with E-state index in [0.29, 0.717) is 23.4 Å². The molecule has 0 aliphatic carbocycles. The third-order valence-electron chi connectivity index (χ3n) is 4.45. The highest BCUT2D eigenvalue weighted by Crippen LogP contribution is 2.19. The molecule has 0 fully saturated rings. The first-order chi connectivity index (χ1) is 13.5. The second kappa shape index (κ2) is 9.01. The maximum absolute atomic E-state index is 12.8. The minimum atomic E-state index is -0.170. The third kappa shape index (κ3) is 4.59. The normalized spacial score (nSPS) is 10.4. The monoisotopic (exact) mass is 484 g/mol. The van der Waals surface area contributed by atoms with Crippen LogP contribution in [0, 0.1) is 10.5 Å². The number of aryl methyl sites for hydroxylation is 1. The van der Waals surface area contributed by atoms with Crippen molar-refractivity contribution in [1.82, 2.24) is 0 Å². The number of nitrogens with zero attached hydrogens (tertiary/aromatic N) is 1. The molecule has 0 atom stereocenters. The van der Waals surface area contributed by atoms with E-state index in [1.54, 1.807) is 29.2 Å². The summed E-state index contributed by atoms with van der Waals surface area (Å²) in [4.78, 5) is 27.0. The van der Waals surface area contributed by atoms with Crippen molar-refractivity contribution in [3.05, 3.63) is 93.1 Å². The highest BCUT2D eigenvalue weighted by Gasteiger charge is 2.16. The van der Waals surface area contributed by atoms with Crippen molar-refractivity contribution < 1.29 is 9.59 Å². The van der Waals surface area contributed by atoms with Crippen LogP contribution in [0.5, 0.6) is 0 Å². The van der Waals surface area contributed by atoms with Crippen molar-refractivity contribution in [1.29, 1.82) is 0 Å². The molecule has 142 valence electrons. The first-order valence-electron chi connectivity index (χ1n) is 9.04. The van der Waals surface area contributed by atoms with Gasteiger partial charge in [0.05, 0.1) is 0 Å². The number of carbonyl (C=O) groups is 2. The van der Waals surface area contributed by atoms with E-state index in [2.05, 4.69) is 27.9 Å². The molecule has 0 saturated carbocycles. The average molecular weight is 484 g/mol. The number of rotatable bonds is 5. The van der Waals surface area contributed by atoms with Crippen molar-refractivity contribution in [3.63, 3.8) is 0 Å². The highest BCUT2D eigenvalue weighted by atomic mass is 127. The third-order valence-corrected chi connectivity index (χ3v) is 5.62. The van der Waals surface area contributed by atoms with Crippen LogP contribution in [0.15, 0.2) is 72.8 Å². The number of anilines is 2. The van der Waals surface area contributed by atoms with Crippen LogP contribution in [0.4, 0.5) is 11.4 Å². The molecule has 0 aromatic heterocycles. The van der Waals surface area contributed by atoms with Crippen molar-refractivity contribution in [2.45, 2.75) is 13.8 Å². The molecule has 3 aromatic carbocycles. The number of nitrogens with one attached hydrogen (secondary N) is 1. The average Bonchev–Trinajstić information content (AvgIpc) is 2.72. The van der Waals surface area contributed by atoms with Gasteiger partial charge in [0.2, 0.25) is 0 Å². The van der Waals surface area contributed by atoms with Gasteiger partial charge in [-0.2, -0.15) is 0 Å². The van der Waals surface area contributed by atoms with Crippen LogP contribution < -0.4 is 10.2 Å². The Labute approximate surface area is 178 Å². The predicted octanol–water partition coefficient (Wildman–Crippen LogP) is 5.52. The fourth-order valence-corrected chi connectivity index (χ4v) is 3.36. The quantitative estimate of drug-likeness (QED) is 0.485. The molecular formula is C23H21IN2O2. The highest BCUT2D eigenvalue weighted by molar-refractivity contribution is 14.1. The molecule has 0 aliphatic heterocycles. The molecule has 2 amide bonds. The summed E-state index contributed by atoms with van der Waals surface area (Å²) in [6.07, 6.45) is 0. The second-order valence-electron chi connectivity index (χ2n) is 6.38. The standard InChI is InChI=1S/C23H21IN2O2/c1-3-26(20-7-5-4-6-8-20)23(28)17-11-13-19(14-12-17)25-22(27)18-10-9-16(2)21(24)15-18/h4-15H,3H2,1-2H3,(H,25,27). The van der Waals surface area contributed by atoms with Gasteiger partial charge in [-0.3, -0.25) is 9.59 Å². The number of hydrogen-bond donors (Lipinski definition) is 1. The minimum absolute atomic E-state index is 0.0698. The van der Waals surface area contributed by atoms with E-state index in [-0.39, 0.29) is 11.8 Å². The number of hydrogen-bond acceptors (Lipinski definition) is 2. The van der Waals surface area contributed by atoms with E-state index >= 15 is 0 Å². The molecule has 1 N–H and O–H groups in total. The Balaban J connectivity index is 1.73. The Bertz CT molecular complexity index is 985. The zero-order valence-electron chi connectivity index (χ0n) is 15.8. The van der Waals surface area contributed by atoms with Gasteiger partial charge in [0.1, 0.15) is 0 Å². The molecule has 0 spiro atoms. The summed E-state index contributed by atoms with van der Waals surface area (Å²) in [5.41, 5.74) is 3.84. The smallest absolute Gasteiger partial charge is 0.258 e. The van der Waals surface area contributed by atoms with Crippen molar-refractivity contribution in [3.8, 4) is 0 Å². The number of carbonyl (C=O) groups excluding carboxylic acids is 2. The molecule has 3 rings (SSSR count). The SMILES string of the molecule is CCN(C(=O)c1ccc(NC(=O)c2ccc(C)c(I)c2)cc1)c1ccccc1. The van der Waals surface area contributed by atoms with E-state index in [4.69, 9.17) is 0 Å². The van der Waals surface area contributed by atoms with Crippen LogP contribution in [0.25, 0.3) is 0 Å². The molecule has 0 saturated heterocycles. The molecule has 0 heterocycles. The van der Waals surface area contributed by atoms with Gasteiger partial charge in [-0.05, 0) is 90.5 Å². The largest absolute Gasteiger partial charge is 0.322 e. The second-order valence-corrected chi connectivity index (χ2v) is 7.54. The van der Waals surface area contributed by atoms with Crippen LogP contribution in [-0.2, 0) is 0 Å². The summed E-state index contributed by atoms with van der Waals surface area (Å²) < 4.78 is 1.05. The summed E-state index contributed by atoms with van der Waals surface area (Å²) >= 11 is 2.22. The van der Waals surface area contributed by atoms with Gasteiger partial charge in [0.25, 0.3) is 11.8 Å². The fourth-order valence-electron chi connectivity index (χ4n) is 2.84. The fraction of sp³-hybridized carbons (Fsp3) is 0.130. The van der Waals surface area contributed by atoms with Crippen LogP contribution in [-0.4, -0.2) is 18.4 Å². The van der Waals surface area contributed by atoms with E-state index in [0.717, 1.165) is 14.8 Å². The lowest BCUT2D eigenvalue weighted by Gasteiger charge is -2.21. The molecule has 28 heavy (non-hydrogen) atoms. The van der Waals surface area contributed by atoms with Gasteiger partial charge in [0, 0.05) is 32.6 Å². The van der Waals surface area contributed by atoms with Crippen LogP contribution in [0.2, 0.25) is 0 Å². The predicted molar refractivity (Wildman–Crippen MR) is 122 cm³/mol. The van der Waals surface area contributed by atoms with E-state index in [9.17, 15) is 9.59 Å². The van der Waals surface area contributed by atoms with E-state index < -0.39 is 0 Å². The first kappa shape index (κ1) is 20.1. The zero-order chi connectivity index (χ0) is 20.1.